The van der Waals surface area contributed by atoms with Gasteiger partial charge in [-0.05, 0) is 129 Å². The van der Waals surface area contributed by atoms with Crippen molar-refractivity contribution < 1.29 is 28.5 Å². The van der Waals surface area contributed by atoms with E-state index >= 15 is 0 Å². The van der Waals surface area contributed by atoms with Gasteiger partial charge in [0.25, 0.3) is 5.91 Å². The van der Waals surface area contributed by atoms with Gasteiger partial charge in [0.2, 0.25) is 0 Å². The molecule has 5 aromatic carbocycles. The number of benzene rings is 5. The Morgan fingerprint density at radius 1 is 0.465 bits per heavy atom. The Balaban J connectivity index is 0.000000330. The predicted octanol–water partition coefficient (Wildman–Crippen LogP) is 13.3. The summed E-state index contributed by atoms with van der Waals surface area (Å²) in [5, 5.41) is 3.59. The highest BCUT2D eigenvalue weighted by Gasteiger charge is 2.19. The van der Waals surface area contributed by atoms with Crippen LogP contribution in [0.2, 0.25) is 0 Å². The highest BCUT2D eigenvalue weighted by atomic mass is 16.5. The Morgan fingerprint density at radius 2 is 0.944 bits per heavy atom. The van der Waals surface area contributed by atoms with E-state index in [1.807, 2.05) is 102 Å². The van der Waals surface area contributed by atoms with Crippen LogP contribution in [0, 0.1) is 0 Å². The van der Waals surface area contributed by atoms with Gasteiger partial charge in [0, 0.05) is 44.8 Å². The third-order valence-corrected chi connectivity index (χ3v) is 12.4. The molecular formula is C61H88N4O6. The molecule has 71 heavy (non-hydrogen) atoms. The molecule has 10 heteroatoms. The minimum absolute atomic E-state index is 0.0172. The van der Waals surface area contributed by atoms with Crippen molar-refractivity contribution in [2.45, 2.75) is 125 Å². The lowest BCUT2D eigenvalue weighted by Crippen LogP contribution is -2.39. The zero-order valence-electron chi connectivity index (χ0n) is 44.6. The molecule has 0 bridgehead atoms. The number of amides is 1. The molecule has 0 radical (unpaired) electrons. The van der Waals surface area contributed by atoms with Gasteiger partial charge in [0.1, 0.15) is 19.0 Å². The van der Waals surface area contributed by atoms with E-state index in [1.54, 1.807) is 14.2 Å². The van der Waals surface area contributed by atoms with E-state index in [9.17, 15) is 4.79 Å². The van der Waals surface area contributed by atoms with Crippen molar-refractivity contribution in [3.8, 4) is 28.7 Å². The van der Waals surface area contributed by atoms with Crippen molar-refractivity contribution in [3.63, 3.8) is 0 Å². The highest BCUT2D eigenvalue weighted by Crippen LogP contribution is 2.31. The molecule has 0 saturated heterocycles. The molecular weight excluding hydrogens is 885 g/mol. The first-order valence-electron chi connectivity index (χ1n) is 26.7. The van der Waals surface area contributed by atoms with Gasteiger partial charge in [-0.2, -0.15) is 0 Å². The van der Waals surface area contributed by atoms with Crippen LogP contribution in [0.5, 0.6) is 28.7 Å². The van der Waals surface area contributed by atoms with Gasteiger partial charge in [-0.3, -0.25) is 4.79 Å². The molecule has 0 saturated carbocycles. The summed E-state index contributed by atoms with van der Waals surface area (Å²) in [7, 11) is 3.33. The molecule has 1 amide bonds. The van der Waals surface area contributed by atoms with Gasteiger partial charge in [-0.1, -0.05) is 140 Å². The summed E-state index contributed by atoms with van der Waals surface area (Å²) in [5.41, 5.74) is 5.11. The number of nitrogens with one attached hydrogen (secondary N) is 1. The zero-order chi connectivity index (χ0) is 50.7. The number of nitrogens with zero attached hydrogens (tertiary/aromatic N) is 3. The van der Waals surface area contributed by atoms with E-state index in [4.69, 9.17) is 23.7 Å². The smallest absolute Gasteiger partial charge is 0.254 e. The van der Waals surface area contributed by atoms with Crippen LogP contribution >= 0.6 is 0 Å². The van der Waals surface area contributed by atoms with E-state index in [0.29, 0.717) is 50.0 Å². The summed E-state index contributed by atoms with van der Waals surface area (Å²) in [4.78, 5) is 20.9. The van der Waals surface area contributed by atoms with E-state index in [-0.39, 0.29) is 5.91 Å². The predicted molar refractivity (Wildman–Crippen MR) is 293 cm³/mol. The fraction of sp³-hybridized carbons (Fsp3) is 0.492. The largest absolute Gasteiger partial charge is 0.494 e. The molecule has 0 spiro atoms. The van der Waals surface area contributed by atoms with Gasteiger partial charge in [-0.15, -0.1) is 0 Å². The minimum atomic E-state index is 0.0172. The molecule has 0 aliphatic heterocycles. The molecule has 0 unspecified atom stereocenters. The third-order valence-electron chi connectivity index (χ3n) is 12.4. The molecule has 0 aromatic heterocycles. The number of carbonyl (C=O) groups is 1. The second kappa shape index (κ2) is 35.5. The molecule has 0 fully saturated rings. The number of unbranched alkanes of at least 4 members (excludes halogenated alkanes) is 5. The Hall–Kier alpha value is -5.55. The van der Waals surface area contributed by atoms with Crippen LogP contribution in [-0.2, 0) is 26.3 Å². The Labute approximate surface area is 429 Å². The van der Waals surface area contributed by atoms with Crippen molar-refractivity contribution in [2.24, 2.45) is 0 Å². The fourth-order valence-electron chi connectivity index (χ4n) is 7.96. The summed E-state index contributed by atoms with van der Waals surface area (Å²) in [5.74, 6) is 3.73. The molecule has 1 N–H and O–H groups in total. The number of methoxy groups -OCH3 is 2. The molecule has 0 heterocycles. The number of carbonyl (C=O) groups excluding carboxylic acids is 1. The van der Waals surface area contributed by atoms with Crippen LogP contribution in [0.1, 0.15) is 131 Å². The summed E-state index contributed by atoms with van der Waals surface area (Å²) >= 11 is 0. The van der Waals surface area contributed by atoms with E-state index in [1.165, 1.54) is 44.3 Å². The maximum absolute atomic E-state index is 13.9. The van der Waals surface area contributed by atoms with Gasteiger partial charge in [-0.25, -0.2) is 0 Å². The van der Waals surface area contributed by atoms with Crippen LogP contribution in [0.15, 0.2) is 121 Å². The molecule has 0 atom stereocenters. The lowest BCUT2D eigenvalue weighted by Gasteiger charge is -2.28. The van der Waals surface area contributed by atoms with Crippen LogP contribution < -0.4 is 29.0 Å². The first-order chi connectivity index (χ1) is 34.8. The maximum atomic E-state index is 13.9. The number of ether oxygens (including phenoxy) is 5. The second-order valence-electron chi connectivity index (χ2n) is 18.2. The molecule has 388 valence electrons. The quantitative estimate of drug-likeness (QED) is 0.0399. The maximum Gasteiger partial charge on any atom is 0.254 e. The lowest BCUT2D eigenvalue weighted by atomic mass is 10.1. The fourth-order valence-corrected chi connectivity index (χ4v) is 7.96. The van der Waals surface area contributed by atoms with Crippen molar-refractivity contribution in [1.29, 1.82) is 0 Å². The third kappa shape index (κ3) is 22.6. The van der Waals surface area contributed by atoms with Gasteiger partial charge >= 0.3 is 0 Å². The van der Waals surface area contributed by atoms with Crippen LogP contribution in [-0.4, -0.2) is 93.8 Å². The topological polar surface area (TPSA) is 85.0 Å². The first-order valence-corrected chi connectivity index (χ1v) is 26.7. The molecule has 5 rings (SSSR count). The van der Waals surface area contributed by atoms with E-state index < -0.39 is 0 Å². The Kier molecular flexibility index (Phi) is 29.0. The van der Waals surface area contributed by atoms with E-state index in [0.717, 1.165) is 112 Å². The average Bonchev–Trinajstić information content (AvgIpc) is 3.41. The van der Waals surface area contributed by atoms with Crippen LogP contribution in [0.25, 0.3) is 0 Å². The molecule has 5 aromatic rings. The number of rotatable bonds is 35. The van der Waals surface area contributed by atoms with Crippen molar-refractivity contribution >= 4 is 5.91 Å². The molecule has 0 aliphatic carbocycles. The van der Waals surface area contributed by atoms with Crippen molar-refractivity contribution in [3.05, 3.63) is 149 Å². The van der Waals surface area contributed by atoms with Gasteiger partial charge < -0.3 is 43.7 Å². The standard InChI is InChI=1S/C36H50N2O4.C25H38N2O2/c1-5-8-22-37(23-9-6-2)24-25-38(36(39)32-17-19-33(20-18-32)41-26-10-7-3)28-31-16-21-34(40-4)35(27-31)42-29-30-14-12-11-13-15-30;1-4-6-16-27(17-7-5-2)18-15-26-20-23-13-14-24(28-3)25(19-23)29-21-22-11-9-8-10-12-22/h11-21,27H,5-10,22-26,28-29H2,1-4H3;8-14,19,26H,4-7,15-18,20-21H2,1-3H3. The first kappa shape index (κ1) is 58.0. The zero-order valence-corrected chi connectivity index (χ0v) is 44.6. The van der Waals surface area contributed by atoms with Crippen molar-refractivity contribution in [1.82, 2.24) is 20.0 Å². The van der Waals surface area contributed by atoms with Crippen LogP contribution in [0.3, 0.4) is 0 Å². The second-order valence-corrected chi connectivity index (χ2v) is 18.2. The SMILES string of the molecule is CCCCN(CCCC)CCNCc1ccc(OC)c(OCc2ccccc2)c1.CCCCOc1ccc(C(=O)N(CCN(CCCC)CCCC)Cc2ccc(OC)c(OCc3ccccc3)c2)cc1. The van der Waals surface area contributed by atoms with Gasteiger partial charge in [0.05, 0.1) is 20.8 Å². The molecule has 0 aliphatic rings. The van der Waals surface area contributed by atoms with Crippen LogP contribution in [0.4, 0.5) is 0 Å². The lowest BCUT2D eigenvalue weighted by molar-refractivity contribution is 0.0720. The highest BCUT2D eigenvalue weighted by molar-refractivity contribution is 5.94. The van der Waals surface area contributed by atoms with E-state index in [2.05, 4.69) is 74.0 Å². The average molecular weight is 973 g/mol. The normalized spacial score (nSPS) is 11.0. The Morgan fingerprint density at radius 3 is 1.44 bits per heavy atom. The monoisotopic (exact) mass is 973 g/mol. The Bertz CT molecular complexity index is 2120. The summed E-state index contributed by atoms with van der Waals surface area (Å²) in [6, 6.07) is 40.0. The number of hydrogen-bond acceptors (Lipinski definition) is 9. The summed E-state index contributed by atoms with van der Waals surface area (Å²) < 4.78 is 29.1. The van der Waals surface area contributed by atoms with Gasteiger partial charge in [0.15, 0.2) is 23.0 Å². The summed E-state index contributed by atoms with van der Waals surface area (Å²) in [6.07, 6.45) is 11.8. The number of hydrogen-bond donors (Lipinski definition) is 1. The molecule has 10 nitrogen and oxygen atoms in total. The van der Waals surface area contributed by atoms with Crippen molar-refractivity contribution in [2.75, 3.05) is 73.2 Å². The minimum Gasteiger partial charge on any atom is -0.494 e. The summed E-state index contributed by atoms with van der Waals surface area (Å²) in [6.45, 7) is 22.2.